The number of fused-ring (bicyclic) bond motifs is 1. The third-order valence-corrected chi connectivity index (χ3v) is 4.89. The number of rotatable bonds is 6. The Morgan fingerprint density at radius 2 is 2.07 bits per heavy atom. The minimum absolute atomic E-state index is 0.157. The van der Waals surface area contributed by atoms with E-state index in [-0.39, 0.29) is 24.0 Å². The fraction of sp³-hybridized carbons (Fsp3) is 0.300. The number of Topliss-reactive ketones (excluding diaryl/α,β-unsaturated/α-hetero) is 1. The van der Waals surface area contributed by atoms with E-state index in [1.54, 1.807) is 19.2 Å². The number of ether oxygens (including phenoxy) is 2. The number of aromatic nitrogens is 1. The van der Waals surface area contributed by atoms with Gasteiger partial charge < -0.3 is 9.47 Å². The van der Waals surface area contributed by atoms with Gasteiger partial charge in [-0.25, -0.2) is 0 Å². The number of benzene rings is 1. The Bertz CT molecular complexity index is 987. The Morgan fingerprint density at radius 3 is 2.79 bits per heavy atom. The van der Waals surface area contributed by atoms with Gasteiger partial charge in [-0.3, -0.25) is 24.7 Å². The second-order valence-electron chi connectivity index (χ2n) is 6.47. The van der Waals surface area contributed by atoms with Crippen molar-refractivity contribution < 1.29 is 23.9 Å². The zero-order valence-electron chi connectivity index (χ0n) is 15.5. The number of esters is 1. The predicted molar refractivity (Wildman–Crippen MR) is 105 cm³/mol. The van der Waals surface area contributed by atoms with Crippen LogP contribution < -0.4 is 5.32 Å². The summed E-state index contributed by atoms with van der Waals surface area (Å²) in [4.78, 5) is 41.0. The van der Waals surface area contributed by atoms with E-state index in [9.17, 15) is 14.4 Å². The van der Waals surface area contributed by atoms with Gasteiger partial charge >= 0.3 is 5.97 Å². The molecule has 0 saturated carbocycles. The number of carbonyl (C=O) groups excluding carboxylic acids is 3. The highest BCUT2D eigenvalue weighted by atomic mass is 79.9. The highest BCUT2D eigenvalue weighted by Gasteiger charge is 2.50. The molecule has 8 heteroatoms. The van der Waals surface area contributed by atoms with Gasteiger partial charge in [-0.1, -0.05) is 34.1 Å². The lowest BCUT2D eigenvalue weighted by Crippen LogP contribution is -2.32. The molecule has 2 heterocycles. The lowest BCUT2D eigenvalue weighted by Gasteiger charge is -2.23. The van der Waals surface area contributed by atoms with Crippen molar-refractivity contribution in [2.45, 2.75) is 32.3 Å². The number of alkyl halides is 1. The highest BCUT2D eigenvalue weighted by molar-refractivity contribution is 9.09. The van der Waals surface area contributed by atoms with E-state index in [2.05, 4.69) is 26.2 Å². The SMILES string of the molecule is CC(=O)OC1=C(NC(=O)CCCBr)OC(C)(c2cnc3ccccc3c2)C1=O. The fourth-order valence-electron chi connectivity index (χ4n) is 2.87. The number of hydrogen-bond acceptors (Lipinski definition) is 6. The second kappa shape index (κ2) is 8.10. The molecular weight excluding hydrogens is 428 g/mol. The lowest BCUT2D eigenvalue weighted by molar-refractivity contribution is -0.142. The Hall–Kier alpha value is -2.74. The summed E-state index contributed by atoms with van der Waals surface area (Å²) in [6.45, 7) is 2.74. The number of halogens is 1. The van der Waals surface area contributed by atoms with E-state index >= 15 is 0 Å². The minimum atomic E-state index is -1.47. The summed E-state index contributed by atoms with van der Waals surface area (Å²) in [6.07, 6.45) is 2.39. The summed E-state index contributed by atoms with van der Waals surface area (Å²) < 4.78 is 10.9. The molecule has 0 fully saturated rings. The quantitative estimate of drug-likeness (QED) is 0.541. The number of carbonyl (C=O) groups is 3. The largest absolute Gasteiger partial charge is 0.456 e. The smallest absolute Gasteiger partial charge is 0.308 e. The molecule has 1 unspecified atom stereocenters. The van der Waals surface area contributed by atoms with Crippen molar-refractivity contribution in [2.75, 3.05) is 5.33 Å². The molecule has 0 radical (unpaired) electrons. The normalized spacial score (nSPS) is 18.9. The van der Waals surface area contributed by atoms with E-state index in [0.29, 0.717) is 17.3 Å². The molecular formula is C20H19BrN2O5. The molecule has 7 nitrogen and oxygen atoms in total. The molecule has 146 valence electrons. The van der Waals surface area contributed by atoms with Crippen LogP contribution in [0.1, 0.15) is 32.3 Å². The molecule has 0 bridgehead atoms. The number of para-hydroxylation sites is 1. The Balaban J connectivity index is 1.95. The number of amides is 1. The Kier molecular flexibility index (Phi) is 5.79. The third kappa shape index (κ3) is 3.91. The molecule has 3 rings (SSSR count). The average Bonchev–Trinajstić information content (AvgIpc) is 2.91. The van der Waals surface area contributed by atoms with Crippen LogP contribution in [0, 0.1) is 0 Å². The maximum atomic E-state index is 13.1. The molecule has 2 aromatic rings. The second-order valence-corrected chi connectivity index (χ2v) is 7.27. The molecule has 0 aliphatic carbocycles. The molecule has 1 amide bonds. The van der Waals surface area contributed by atoms with Gasteiger partial charge in [0.25, 0.3) is 5.78 Å². The van der Waals surface area contributed by atoms with Crippen molar-refractivity contribution in [3.8, 4) is 0 Å². The van der Waals surface area contributed by atoms with E-state index in [1.807, 2.05) is 24.3 Å². The number of nitrogens with one attached hydrogen (secondary N) is 1. The summed E-state index contributed by atoms with van der Waals surface area (Å²) in [5.74, 6) is -2.05. The minimum Gasteiger partial charge on any atom is -0.456 e. The third-order valence-electron chi connectivity index (χ3n) is 4.33. The molecule has 1 N–H and O–H groups in total. The fourth-order valence-corrected chi connectivity index (χ4v) is 3.15. The van der Waals surface area contributed by atoms with Gasteiger partial charge in [0.15, 0.2) is 0 Å². The number of ketones is 1. The average molecular weight is 447 g/mol. The molecule has 28 heavy (non-hydrogen) atoms. The Morgan fingerprint density at radius 1 is 1.32 bits per heavy atom. The van der Waals surface area contributed by atoms with Crippen molar-refractivity contribution in [3.63, 3.8) is 0 Å². The Labute approximate surface area is 170 Å². The first-order chi connectivity index (χ1) is 13.3. The number of pyridine rings is 1. The molecule has 1 aromatic carbocycles. The highest BCUT2D eigenvalue weighted by Crippen LogP contribution is 2.39. The maximum absolute atomic E-state index is 13.1. The van der Waals surface area contributed by atoms with Crippen molar-refractivity contribution >= 4 is 44.5 Å². The number of hydrogen-bond donors (Lipinski definition) is 1. The van der Waals surface area contributed by atoms with Crippen molar-refractivity contribution in [2.24, 2.45) is 0 Å². The van der Waals surface area contributed by atoms with Gasteiger partial charge in [-0.15, -0.1) is 0 Å². The molecule has 1 aromatic heterocycles. The summed E-state index contributed by atoms with van der Waals surface area (Å²) in [5.41, 5.74) is -0.206. The van der Waals surface area contributed by atoms with Crippen LogP contribution in [0.25, 0.3) is 10.9 Å². The van der Waals surface area contributed by atoms with Crippen LogP contribution in [-0.2, 0) is 29.5 Å². The molecule has 0 spiro atoms. The van der Waals surface area contributed by atoms with E-state index < -0.39 is 17.4 Å². The number of nitrogens with zero attached hydrogens (tertiary/aromatic N) is 1. The summed E-state index contributed by atoms with van der Waals surface area (Å²) in [5, 5.41) is 4.04. The van der Waals surface area contributed by atoms with Gasteiger partial charge in [0, 0.05) is 35.8 Å². The molecule has 1 atom stereocenters. The molecule has 0 saturated heterocycles. The lowest BCUT2D eigenvalue weighted by atomic mass is 9.92. The van der Waals surface area contributed by atoms with E-state index in [4.69, 9.17) is 9.47 Å². The van der Waals surface area contributed by atoms with Crippen LogP contribution in [-0.4, -0.2) is 28.0 Å². The van der Waals surface area contributed by atoms with Crippen LogP contribution in [0.15, 0.2) is 48.2 Å². The van der Waals surface area contributed by atoms with Crippen LogP contribution in [0.5, 0.6) is 0 Å². The van der Waals surface area contributed by atoms with Crippen LogP contribution in [0.4, 0.5) is 0 Å². The monoisotopic (exact) mass is 446 g/mol. The van der Waals surface area contributed by atoms with E-state index in [1.165, 1.54) is 6.92 Å². The van der Waals surface area contributed by atoms with Crippen LogP contribution >= 0.6 is 15.9 Å². The van der Waals surface area contributed by atoms with Crippen LogP contribution in [0.3, 0.4) is 0 Å². The van der Waals surface area contributed by atoms with Gasteiger partial charge in [-0.2, -0.15) is 0 Å². The topological polar surface area (TPSA) is 94.6 Å². The van der Waals surface area contributed by atoms with Crippen molar-refractivity contribution in [3.05, 3.63) is 53.7 Å². The van der Waals surface area contributed by atoms with Gasteiger partial charge in [0.05, 0.1) is 5.52 Å². The van der Waals surface area contributed by atoms with Crippen molar-refractivity contribution in [1.29, 1.82) is 0 Å². The first kappa shape index (κ1) is 20.0. The summed E-state index contributed by atoms with van der Waals surface area (Å²) >= 11 is 3.26. The zero-order chi connectivity index (χ0) is 20.3. The maximum Gasteiger partial charge on any atom is 0.308 e. The predicted octanol–water partition coefficient (Wildman–Crippen LogP) is 3.07. The standard InChI is InChI=1S/C20H19BrN2O5/c1-12(24)27-17-18(26)20(2,28-19(17)23-16(25)8-5-9-21)14-10-13-6-3-4-7-15(13)22-11-14/h3-4,6-7,10-11H,5,8-9H2,1-2H3,(H,23,25). The summed E-state index contributed by atoms with van der Waals surface area (Å²) in [7, 11) is 0. The summed E-state index contributed by atoms with van der Waals surface area (Å²) in [6, 6.07) is 9.26. The van der Waals surface area contributed by atoms with Gasteiger partial charge in [0.2, 0.25) is 23.2 Å². The zero-order valence-corrected chi connectivity index (χ0v) is 17.0. The molecule has 1 aliphatic heterocycles. The van der Waals surface area contributed by atoms with Crippen LogP contribution in [0.2, 0.25) is 0 Å². The van der Waals surface area contributed by atoms with Gasteiger partial charge in [-0.05, 0) is 25.5 Å². The molecule has 1 aliphatic rings. The first-order valence-corrected chi connectivity index (χ1v) is 9.85. The first-order valence-electron chi connectivity index (χ1n) is 8.72. The van der Waals surface area contributed by atoms with Gasteiger partial charge in [0.1, 0.15) is 0 Å². The van der Waals surface area contributed by atoms with E-state index in [0.717, 1.165) is 10.9 Å². The van der Waals surface area contributed by atoms with Crippen molar-refractivity contribution in [1.82, 2.24) is 10.3 Å².